The molecule has 1 aliphatic rings. The number of hydrogen-bond donors (Lipinski definition) is 1. The zero-order chi connectivity index (χ0) is 15.5. The molecule has 3 heteroatoms. The molecule has 114 valence electrons. The van der Waals surface area contributed by atoms with Gasteiger partial charge < -0.3 is 5.32 Å². The average Bonchev–Trinajstić information content (AvgIpc) is 3.23. The number of para-hydroxylation sites is 1. The molecule has 0 aliphatic carbocycles. The summed E-state index contributed by atoms with van der Waals surface area (Å²) in [4.78, 5) is 14.8. The van der Waals surface area contributed by atoms with Gasteiger partial charge in [-0.15, -0.1) is 0 Å². The van der Waals surface area contributed by atoms with Crippen LogP contribution in [0.1, 0.15) is 19.4 Å². The number of anilines is 1. The third kappa shape index (κ3) is 3.20. The molecule has 0 aromatic heterocycles. The fourth-order valence-electron chi connectivity index (χ4n) is 3.09. The van der Waals surface area contributed by atoms with E-state index in [2.05, 4.69) is 36.2 Å². The molecule has 0 spiro atoms. The molecule has 1 fully saturated rings. The van der Waals surface area contributed by atoms with Gasteiger partial charge >= 0.3 is 0 Å². The van der Waals surface area contributed by atoms with Gasteiger partial charge in [-0.05, 0) is 23.6 Å². The van der Waals surface area contributed by atoms with Crippen LogP contribution < -0.4 is 5.32 Å². The Morgan fingerprint density at radius 3 is 2.23 bits per heavy atom. The van der Waals surface area contributed by atoms with E-state index in [-0.39, 0.29) is 11.9 Å². The van der Waals surface area contributed by atoms with E-state index in [4.69, 9.17) is 0 Å². The first-order chi connectivity index (χ1) is 10.7. The molecule has 1 unspecified atom stereocenters. The maximum absolute atomic E-state index is 12.5. The van der Waals surface area contributed by atoms with Crippen LogP contribution in [0, 0.1) is 5.92 Å². The van der Waals surface area contributed by atoms with E-state index in [1.54, 1.807) is 0 Å². The van der Waals surface area contributed by atoms with Gasteiger partial charge in [-0.1, -0.05) is 62.4 Å². The lowest BCUT2D eigenvalue weighted by Crippen LogP contribution is -2.22. The molecule has 0 radical (unpaired) electrons. The van der Waals surface area contributed by atoms with Crippen LogP contribution in [0.2, 0.25) is 0 Å². The first-order valence-electron chi connectivity index (χ1n) is 7.82. The van der Waals surface area contributed by atoms with E-state index < -0.39 is 0 Å². The fraction of sp³-hybridized carbons (Fsp3) is 0.316. The summed E-state index contributed by atoms with van der Waals surface area (Å²) >= 11 is 0. The van der Waals surface area contributed by atoms with Crippen molar-refractivity contribution < 1.29 is 4.79 Å². The Balaban J connectivity index is 1.68. The molecule has 0 bridgehead atoms. The molecule has 1 saturated heterocycles. The van der Waals surface area contributed by atoms with Crippen LogP contribution in [0.15, 0.2) is 60.7 Å². The van der Waals surface area contributed by atoms with Crippen molar-refractivity contribution in [2.45, 2.75) is 32.5 Å². The highest BCUT2D eigenvalue weighted by molar-refractivity contribution is 5.97. The van der Waals surface area contributed by atoms with Gasteiger partial charge in [-0.3, -0.25) is 9.69 Å². The Morgan fingerprint density at radius 1 is 1.05 bits per heavy atom. The Bertz CT molecular complexity index is 624. The summed E-state index contributed by atoms with van der Waals surface area (Å²) in [6.07, 6.45) is 0. The van der Waals surface area contributed by atoms with Crippen LogP contribution in [0.25, 0.3) is 0 Å². The van der Waals surface area contributed by atoms with Crippen LogP contribution >= 0.6 is 0 Å². The number of benzene rings is 2. The molecule has 3 atom stereocenters. The Hall–Kier alpha value is -2.13. The predicted molar refractivity (Wildman–Crippen MR) is 89.5 cm³/mol. The van der Waals surface area contributed by atoms with Gasteiger partial charge in [0.15, 0.2) is 0 Å². The monoisotopic (exact) mass is 294 g/mol. The van der Waals surface area contributed by atoms with Crippen molar-refractivity contribution in [2.24, 2.45) is 5.92 Å². The van der Waals surface area contributed by atoms with Crippen molar-refractivity contribution in [2.75, 3.05) is 5.32 Å². The third-order valence-corrected chi connectivity index (χ3v) is 4.17. The van der Waals surface area contributed by atoms with Crippen LogP contribution in [-0.2, 0) is 11.3 Å². The molecule has 22 heavy (non-hydrogen) atoms. The van der Waals surface area contributed by atoms with Gasteiger partial charge in [0, 0.05) is 18.3 Å². The molecule has 3 nitrogen and oxygen atoms in total. The number of carbonyl (C=O) groups excluding carboxylic acids is 1. The number of rotatable bonds is 5. The van der Waals surface area contributed by atoms with Gasteiger partial charge in [0.1, 0.15) is 6.04 Å². The lowest BCUT2D eigenvalue weighted by Gasteiger charge is -2.06. The van der Waals surface area contributed by atoms with Crippen molar-refractivity contribution in [3.8, 4) is 0 Å². The lowest BCUT2D eigenvalue weighted by molar-refractivity contribution is -0.116. The molecule has 3 rings (SSSR count). The summed E-state index contributed by atoms with van der Waals surface area (Å²) < 4.78 is 0. The number of nitrogens with zero attached hydrogens (tertiary/aromatic N) is 1. The highest BCUT2D eigenvalue weighted by Crippen LogP contribution is 2.36. The number of hydrogen-bond acceptors (Lipinski definition) is 2. The molecule has 1 amide bonds. The molecular formula is C19H22N2O. The van der Waals surface area contributed by atoms with Gasteiger partial charge in [-0.25, -0.2) is 0 Å². The van der Waals surface area contributed by atoms with E-state index in [1.807, 2.05) is 48.5 Å². The number of amides is 1. The molecule has 1 N–H and O–H groups in total. The van der Waals surface area contributed by atoms with E-state index in [0.29, 0.717) is 12.0 Å². The molecule has 1 heterocycles. The third-order valence-electron chi connectivity index (χ3n) is 4.17. The van der Waals surface area contributed by atoms with Crippen molar-refractivity contribution in [1.82, 2.24) is 4.90 Å². The molecule has 0 saturated carbocycles. The van der Waals surface area contributed by atoms with E-state index in [9.17, 15) is 4.79 Å². The second-order valence-corrected chi connectivity index (χ2v) is 6.19. The molecule has 1 aliphatic heterocycles. The van der Waals surface area contributed by atoms with Crippen molar-refractivity contribution in [3.63, 3.8) is 0 Å². The van der Waals surface area contributed by atoms with Crippen LogP contribution in [0.3, 0.4) is 0 Å². The first kappa shape index (κ1) is 14.8. The minimum Gasteiger partial charge on any atom is -0.325 e. The van der Waals surface area contributed by atoms with Gasteiger partial charge in [0.25, 0.3) is 0 Å². The normalized spacial score (nSPS) is 23.3. The zero-order valence-electron chi connectivity index (χ0n) is 13.1. The highest BCUT2D eigenvalue weighted by atomic mass is 16.2. The van der Waals surface area contributed by atoms with E-state index >= 15 is 0 Å². The summed E-state index contributed by atoms with van der Waals surface area (Å²) in [5.74, 6) is 0.566. The summed E-state index contributed by atoms with van der Waals surface area (Å²) in [7, 11) is 0. The van der Waals surface area contributed by atoms with E-state index in [0.717, 1.165) is 12.2 Å². The Kier molecular flexibility index (Phi) is 4.25. The SMILES string of the molecule is CC(C)[C@H]1[C@H](C(=O)Nc2ccccc2)N1Cc1ccccc1. The van der Waals surface area contributed by atoms with Crippen molar-refractivity contribution >= 4 is 11.6 Å². The van der Waals surface area contributed by atoms with Gasteiger partial charge in [-0.2, -0.15) is 0 Å². The maximum Gasteiger partial charge on any atom is 0.243 e. The van der Waals surface area contributed by atoms with Crippen molar-refractivity contribution in [3.05, 3.63) is 66.2 Å². The highest BCUT2D eigenvalue weighted by Gasteiger charge is 2.53. The Labute approximate surface area is 132 Å². The second kappa shape index (κ2) is 6.32. The second-order valence-electron chi connectivity index (χ2n) is 6.19. The minimum atomic E-state index is -0.0274. The summed E-state index contributed by atoms with van der Waals surface area (Å²) in [6, 6.07) is 20.3. The average molecular weight is 294 g/mol. The summed E-state index contributed by atoms with van der Waals surface area (Å²) in [5, 5.41) is 3.02. The predicted octanol–water partition coefficient (Wildman–Crippen LogP) is 3.53. The quantitative estimate of drug-likeness (QED) is 0.856. The lowest BCUT2D eigenvalue weighted by atomic mass is 10.1. The topological polar surface area (TPSA) is 32.1 Å². The fourth-order valence-corrected chi connectivity index (χ4v) is 3.09. The summed E-state index contributed by atoms with van der Waals surface area (Å²) in [6.45, 7) is 5.19. The maximum atomic E-state index is 12.5. The van der Waals surface area contributed by atoms with Crippen molar-refractivity contribution in [1.29, 1.82) is 0 Å². The van der Waals surface area contributed by atoms with Gasteiger partial charge in [0.2, 0.25) is 5.91 Å². The smallest absolute Gasteiger partial charge is 0.243 e. The zero-order valence-corrected chi connectivity index (χ0v) is 13.1. The van der Waals surface area contributed by atoms with Crippen LogP contribution in [0.4, 0.5) is 5.69 Å². The molecule has 2 aromatic rings. The first-order valence-corrected chi connectivity index (χ1v) is 7.82. The van der Waals surface area contributed by atoms with E-state index in [1.165, 1.54) is 5.56 Å². The molecule has 2 aromatic carbocycles. The number of nitrogens with one attached hydrogen (secondary N) is 1. The minimum absolute atomic E-state index is 0.0274. The summed E-state index contributed by atoms with van der Waals surface area (Å²) in [5.41, 5.74) is 2.12. The Morgan fingerprint density at radius 2 is 1.64 bits per heavy atom. The van der Waals surface area contributed by atoms with Crippen LogP contribution in [0.5, 0.6) is 0 Å². The van der Waals surface area contributed by atoms with Gasteiger partial charge in [0.05, 0.1) is 0 Å². The standard InChI is InChI=1S/C19H22N2O/c1-14(2)17-18(19(22)20-16-11-7-4-8-12-16)21(17)13-15-9-5-3-6-10-15/h3-12,14,17-18H,13H2,1-2H3,(H,20,22)/t17-,18+,21?/m0/s1. The number of carbonyl (C=O) groups is 1. The van der Waals surface area contributed by atoms with Crippen LogP contribution in [-0.4, -0.2) is 22.9 Å². The molecular weight excluding hydrogens is 272 g/mol. The largest absolute Gasteiger partial charge is 0.325 e.